The van der Waals surface area contributed by atoms with Crippen LogP contribution in [0.25, 0.3) is 0 Å². The Balaban J connectivity index is 1.73. The Hall–Kier alpha value is -1.74. The molecule has 0 saturated heterocycles. The van der Waals surface area contributed by atoms with Crippen LogP contribution >= 0.6 is 17.1 Å². The van der Waals surface area contributed by atoms with Crippen molar-refractivity contribution in [1.29, 1.82) is 0 Å². The molecule has 0 unspecified atom stereocenters. The number of hydrogen-bond donors (Lipinski definition) is 0. The topological polar surface area (TPSA) is 18.5 Å². The predicted molar refractivity (Wildman–Crippen MR) is 157 cm³/mol. The van der Waals surface area contributed by atoms with Crippen LogP contribution in [0.5, 0.6) is 11.5 Å². The normalized spacial score (nSPS) is 12.4. The molecule has 0 aromatic heterocycles. The highest BCUT2D eigenvalue weighted by atomic mass is 32.9. The molecule has 0 fully saturated rings. The Morgan fingerprint density at radius 2 is 1.06 bits per heavy atom. The molecule has 5 heteroatoms. The molecule has 3 rings (SSSR count). The second kappa shape index (κ2) is 12.0. The van der Waals surface area contributed by atoms with Crippen molar-refractivity contribution in [2.45, 2.75) is 60.8 Å². The smallest absolute Gasteiger partial charge is 0.348 e. The van der Waals surface area contributed by atoms with Crippen molar-refractivity contribution in [3.8, 4) is 11.5 Å². The molecule has 0 aliphatic rings. The first-order valence-corrected chi connectivity index (χ1v) is 16.5. The molecule has 3 aromatic carbocycles. The minimum Gasteiger partial charge on any atom is -0.428 e. The Morgan fingerprint density at radius 1 is 0.629 bits per heavy atom. The zero-order valence-corrected chi connectivity index (χ0v) is 24.4. The summed E-state index contributed by atoms with van der Waals surface area (Å²) in [6, 6.07) is 27.1. The average molecular weight is 527 g/mol. The van der Waals surface area contributed by atoms with E-state index in [2.05, 4.69) is 90.1 Å². The van der Waals surface area contributed by atoms with Gasteiger partial charge < -0.3 is 9.05 Å². The van der Waals surface area contributed by atoms with Crippen molar-refractivity contribution in [1.82, 2.24) is 0 Å². The molecular weight excluding hydrogens is 487 g/mol. The molecule has 0 atom stereocenters. The van der Waals surface area contributed by atoms with Crippen LogP contribution in [-0.4, -0.2) is 5.75 Å². The van der Waals surface area contributed by atoms with Gasteiger partial charge in [-0.15, -0.1) is 0 Å². The number of aryl methyl sites for hydroxylation is 1. The first kappa shape index (κ1) is 27.8. The van der Waals surface area contributed by atoms with Gasteiger partial charge in [-0.2, -0.15) is 0 Å². The fourth-order valence-electron chi connectivity index (χ4n) is 3.81. The second-order valence-corrected chi connectivity index (χ2v) is 17.7. The first-order valence-electron chi connectivity index (χ1n) is 12.2. The van der Waals surface area contributed by atoms with Crippen LogP contribution in [0.3, 0.4) is 0 Å². The summed E-state index contributed by atoms with van der Waals surface area (Å²) in [4.78, 5) is 0. The first-order chi connectivity index (χ1) is 16.4. The summed E-state index contributed by atoms with van der Waals surface area (Å²) in [7, 11) is 0. The molecule has 0 aliphatic carbocycles. The predicted octanol–water partition coefficient (Wildman–Crippen LogP) is 9.52. The standard InChI is InChI=1S/C30H39O2PS2/c1-29(2,3)22-25-12-16-27(17-13-25)31-33(34,35-21-20-24-10-8-7-9-11-24)32-28-18-14-26(15-19-28)23-30(4,5)6/h7-19H,20-23H2,1-6H3. The molecule has 2 nitrogen and oxygen atoms in total. The highest BCUT2D eigenvalue weighted by molar-refractivity contribution is 8.68. The zero-order chi connectivity index (χ0) is 25.5. The Morgan fingerprint density at radius 3 is 1.46 bits per heavy atom. The van der Waals surface area contributed by atoms with Crippen molar-refractivity contribution < 1.29 is 9.05 Å². The SMILES string of the molecule is CC(C)(C)Cc1ccc(OP(=S)(Oc2ccc(CC(C)(C)C)cc2)SCCc2ccccc2)cc1. The van der Waals surface area contributed by atoms with Gasteiger partial charge in [0.15, 0.2) is 0 Å². The van der Waals surface area contributed by atoms with E-state index in [0.717, 1.165) is 36.5 Å². The van der Waals surface area contributed by atoms with Crippen LogP contribution in [0.2, 0.25) is 0 Å². The van der Waals surface area contributed by atoms with E-state index in [4.69, 9.17) is 20.9 Å². The third-order valence-electron chi connectivity index (χ3n) is 5.23. The van der Waals surface area contributed by atoms with E-state index < -0.39 is 5.69 Å². The van der Waals surface area contributed by atoms with Gasteiger partial charge in [0.2, 0.25) is 0 Å². The molecule has 0 spiro atoms. The minimum atomic E-state index is -2.66. The van der Waals surface area contributed by atoms with Crippen molar-refractivity contribution in [2.24, 2.45) is 10.8 Å². The maximum Gasteiger partial charge on any atom is 0.348 e. The zero-order valence-electron chi connectivity index (χ0n) is 21.9. The molecule has 0 saturated carbocycles. The number of hydrogen-bond acceptors (Lipinski definition) is 4. The summed E-state index contributed by atoms with van der Waals surface area (Å²) >= 11 is 7.67. The lowest BCUT2D eigenvalue weighted by Crippen LogP contribution is -2.09. The van der Waals surface area contributed by atoms with Gasteiger partial charge in [-0.25, -0.2) is 0 Å². The minimum absolute atomic E-state index is 0.243. The lowest BCUT2D eigenvalue weighted by atomic mass is 9.88. The fraction of sp³-hybridized carbons (Fsp3) is 0.400. The van der Waals surface area contributed by atoms with E-state index in [1.165, 1.54) is 16.7 Å². The maximum atomic E-state index is 6.41. The molecule has 0 radical (unpaired) electrons. The van der Waals surface area contributed by atoms with Crippen LogP contribution in [-0.2, 0) is 31.1 Å². The van der Waals surface area contributed by atoms with E-state index in [1.54, 1.807) is 11.4 Å². The molecule has 0 bridgehead atoms. The van der Waals surface area contributed by atoms with E-state index in [0.29, 0.717) is 0 Å². The number of rotatable bonds is 10. The molecule has 0 heterocycles. The van der Waals surface area contributed by atoms with Crippen LogP contribution in [0.15, 0.2) is 78.9 Å². The van der Waals surface area contributed by atoms with Gasteiger partial charge in [-0.3, -0.25) is 0 Å². The summed E-state index contributed by atoms with van der Waals surface area (Å²) in [5, 5.41) is 0. The van der Waals surface area contributed by atoms with Gasteiger partial charge in [0.25, 0.3) is 0 Å². The molecule has 0 aliphatic heterocycles. The average Bonchev–Trinajstić information content (AvgIpc) is 2.75. The Kier molecular flexibility index (Phi) is 9.54. The van der Waals surface area contributed by atoms with Gasteiger partial charge in [-0.05, 0) is 94.2 Å². The van der Waals surface area contributed by atoms with Gasteiger partial charge in [0, 0.05) is 5.75 Å². The van der Waals surface area contributed by atoms with Gasteiger partial charge in [0.05, 0.1) is 0 Å². The lowest BCUT2D eigenvalue weighted by molar-refractivity contribution is 0.411. The highest BCUT2D eigenvalue weighted by Crippen LogP contribution is 2.60. The van der Waals surface area contributed by atoms with Crippen LogP contribution in [0.4, 0.5) is 0 Å². The van der Waals surface area contributed by atoms with Crippen molar-refractivity contribution in [3.05, 3.63) is 95.6 Å². The van der Waals surface area contributed by atoms with Crippen molar-refractivity contribution in [3.63, 3.8) is 0 Å². The molecule has 0 amide bonds. The van der Waals surface area contributed by atoms with Crippen LogP contribution in [0, 0.1) is 10.8 Å². The summed E-state index contributed by atoms with van der Waals surface area (Å²) in [6.45, 7) is 13.5. The van der Waals surface area contributed by atoms with Crippen molar-refractivity contribution in [2.75, 3.05) is 5.75 Å². The van der Waals surface area contributed by atoms with E-state index >= 15 is 0 Å². The van der Waals surface area contributed by atoms with Crippen molar-refractivity contribution >= 4 is 28.9 Å². The second-order valence-electron chi connectivity index (χ2n) is 11.5. The summed E-state index contributed by atoms with van der Waals surface area (Å²) in [6.07, 6.45) is 2.96. The largest absolute Gasteiger partial charge is 0.428 e. The molecule has 3 aromatic rings. The van der Waals surface area contributed by atoms with Crippen LogP contribution < -0.4 is 9.05 Å². The van der Waals surface area contributed by atoms with E-state index in [9.17, 15) is 0 Å². The quantitative estimate of drug-likeness (QED) is 0.245. The summed E-state index contributed by atoms with van der Waals surface area (Å²) < 4.78 is 12.8. The third kappa shape index (κ3) is 10.4. The fourth-order valence-corrected chi connectivity index (χ4v) is 8.23. The van der Waals surface area contributed by atoms with Gasteiger partial charge >= 0.3 is 5.69 Å². The Labute approximate surface area is 221 Å². The summed E-state index contributed by atoms with van der Waals surface area (Å²) in [5.41, 5.74) is 1.71. The number of benzene rings is 3. The summed E-state index contributed by atoms with van der Waals surface area (Å²) in [5.74, 6) is 2.37. The van der Waals surface area contributed by atoms with E-state index in [-0.39, 0.29) is 10.8 Å². The third-order valence-corrected chi connectivity index (χ3v) is 10.1. The molecular formula is C30H39O2PS2. The van der Waals surface area contributed by atoms with Crippen LogP contribution in [0.1, 0.15) is 58.2 Å². The molecule has 35 heavy (non-hydrogen) atoms. The monoisotopic (exact) mass is 526 g/mol. The maximum absolute atomic E-state index is 6.41. The molecule has 188 valence electrons. The van der Waals surface area contributed by atoms with Gasteiger partial charge in [-0.1, -0.05) is 96.1 Å². The molecule has 0 N–H and O–H groups in total. The Bertz CT molecular complexity index is 1030. The van der Waals surface area contributed by atoms with Gasteiger partial charge in [0.1, 0.15) is 11.5 Å². The van der Waals surface area contributed by atoms with E-state index in [1.807, 2.05) is 30.3 Å². The lowest BCUT2D eigenvalue weighted by Gasteiger charge is -2.24. The highest BCUT2D eigenvalue weighted by Gasteiger charge is 2.24.